The summed E-state index contributed by atoms with van der Waals surface area (Å²) >= 11 is 5.13. The third-order valence-corrected chi connectivity index (χ3v) is 3.09. The van der Waals surface area contributed by atoms with Crippen LogP contribution in [-0.2, 0) is 6.54 Å². The maximum Gasteiger partial charge on any atom is 0.389 e. The highest BCUT2D eigenvalue weighted by Crippen LogP contribution is 2.23. The molecule has 1 aromatic heterocycles. The summed E-state index contributed by atoms with van der Waals surface area (Å²) in [5, 5.41) is 0. The molecule has 0 aliphatic heterocycles. The van der Waals surface area contributed by atoms with Crippen molar-refractivity contribution in [3.63, 3.8) is 0 Å². The van der Waals surface area contributed by atoms with Gasteiger partial charge in [0.1, 0.15) is 0 Å². The van der Waals surface area contributed by atoms with Crippen LogP contribution in [-0.4, -0.2) is 15.7 Å². The van der Waals surface area contributed by atoms with Crippen molar-refractivity contribution in [2.75, 3.05) is 0 Å². The van der Waals surface area contributed by atoms with Crippen LogP contribution in [0, 0.1) is 11.7 Å². The molecule has 98 valence electrons. The van der Waals surface area contributed by atoms with E-state index in [0.717, 1.165) is 16.6 Å². The average molecular weight is 274 g/mol. The summed E-state index contributed by atoms with van der Waals surface area (Å²) < 4.78 is 38.5. The van der Waals surface area contributed by atoms with Crippen LogP contribution in [0.3, 0.4) is 0 Å². The van der Waals surface area contributed by atoms with Gasteiger partial charge in [-0.15, -0.1) is 0 Å². The maximum absolute atomic E-state index is 12.1. The molecule has 1 aromatic carbocycles. The van der Waals surface area contributed by atoms with Gasteiger partial charge in [0.25, 0.3) is 0 Å². The van der Waals surface area contributed by atoms with Crippen molar-refractivity contribution >= 4 is 23.3 Å². The summed E-state index contributed by atoms with van der Waals surface area (Å²) in [6.07, 6.45) is -4.85. The molecule has 0 bridgehead atoms. The van der Waals surface area contributed by atoms with Crippen molar-refractivity contribution in [3.8, 4) is 0 Å². The zero-order valence-electron chi connectivity index (χ0n) is 9.84. The summed E-state index contributed by atoms with van der Waals surface area (Å²) in [5.74, 6) is 0. The smallest absolute Gasteiger partial charge is 0.331 e. The Morgan fingerprint density at radius 1 is 1.33 bits per heavy atom. The Morgan fingerprint density at radius 3 is 2.72 bits per heavy atom. The molecule has 2 aromatic rings. The first-order valence-electron chi connectivity index (χ1n) is 5.63. The molecule has 2 nitrogen and oxygen atoms in total. The van der Waals surface area contributed by atoms with E-state index in [1.165, 1.54) is 0 Å². The monoisotopic (exact) mass is 274 g/mol. The lowest BCUT2D eigenvalue weighted by Gasteiger charge is -2.07. The first-order chi connectivity index (χ1) is 8.37. The van der Waals surface area contributed by atoms with Crippen LogP contribution in [0.15, 0.2) is 18.2 Å². The van der Waals surface area contributed by atoms with Gasteiger partial charge in [0.05, 0.1) is 11.0 Å². The predicted molar refractivity (Wildman–Crippen MR) is 67.1 cm³/mol. The lowest BCUT2D eigenvalue weighted by molar-refractivity contribution is -0.135. The van der Waals surface area contributed by atoms with Crippen LogP contribution in [0.5, 0.6) is 0 Å². The average Bonchev–Trinajstić information content (AvgIpc) is 2.52. The number of nitrogens with one attached hydrogen (secondary N) is 1. The van der Waals surface area contributed by atoms with E-state index in [-0.39, 0.29) is 13.0 Å². The van der Waals surface area contributed by atoms with Gasteiger partial charge in [-0.25, -0.2) is 0 Å². The molecule has 0 unspecified atom stereocenters. The van der Waals surface area contributed by atoms with Crippen molar-refractivity contribution in [1.82, 2.24) is 9.55 Å². The van der Waals surface area contributed by atoms with E-state index in [1.807, 2.05) is 25.1 Å². The Balaban J connectivity index is 2.23. The fourth-order valence-corrected chi connectivity index (χ4v) is 2.24. The van der Waals surface area contributed by atoms with Gasteiger partial charge in [-0.1, -0.05) is 6.07 Å². The summed E-state index contributed by atoms with van der Waals surface area (Å²) in [4.78, 5) is 3.01. The molecule has 0 radical (unpaired) electrons. The molecular formula is C12H13F3N2S. The Kier molecular flexibility index (Phi) is 3.47. The molecule has 6 heteroatoms. The SMILES string of the molecule is Cc1ccc2c(c1)[nH]c(=S)n2CCCC(F)(F)F. The molecule has 1 heterocycles. The maximum atomic E-state index is 12.1. The topological polar surface area (TPSA) is 20.7 Å². The number of aromatic nitrogens is 2. The highest BCUT2D eigenvalue weighted by Gasteiger charge is 2.26. The minimum atomic E-state index is -4.11. The number of H-pyrrole nitrogens is 1. The Bertz CT molecular complexity index is 610. The van der Waals surface area contributed by atoms with E-state index in [1.54, 1.807) is 4.57 Å². The Hall–Kier alpha value is -1.30. The van der Waals surface area contributed by atoms with Crippen molar-refractivity contribution in [1.29, 1.82) is 0 Å². The minimum Gasteiger partial charge on any atom is -0.331 e. The lowest BCUT2D eigenvalue weighted by atomic mass is 10.2. The third kappa shape index (κ3) is 2.93. The second-order valence-electron chi connectivity index (χ2n) is 4.32. The molecule has 0 atom stereocenters. The molecule has 0 aliphatic rings. The number of aromatic amines is 1. The molecule has 0 aliphatic carbocycles. The number of imidazole rings is 1. The van der Waals surface area contributed by atoms with Crippen LogP contribution in [0.1, 0.15) is 18.4 Å². The lowest BCUT2D eigenvalue weighted by Crippen LogP contribution is -2.09. The summed E-state index contributed by atoms with van der Waals surface area (Å²) in [5.41, 5.74) is 2.81. The number of halogens is 3. The van der Waals surface area contributed by atoms with Crippen molar-refractivity contribution in [2.24, 2.45) is 0 Å². The molecular weight excluding hydrogens is 261 g/mol. The number of aryl methyl sites for hydroxylation is 2. The van der Waals surface area contributed by atoms with Gasteiger partial charge < -0.3 is 9.55 Å². The van der Waals surface area contributed by atoms with Gasteiger partial charge in [-0.2, -0.15) is 13.2 Å². The van der Waals surface area contributed by atoms with Crippen LogP contribution in [0.2, 0.25) is 0 Å². The fourth-order valence-electron chi connectivity index (χ4n) is 1.94. The van der Waals surface area contributed by atoms with E-state index < -0.39 is 12.6 Å². The Labute approximate surface area is 107 Å². The van der Waals surface area contributed by atoms with Gasteiger partial charge in [0.2, 0.25) is 0 Å². The van der Waals surface area contributed by atoms with E-state index >= 15 is 0 Å². The molecule has 0 saturated carbocycles. The number of hydrogen-bond acceptors (Lipinski definition) is 1. The van der Waals surface area contributed by atoms with Crippen LogP contribution < -0.4 is 0 Å². The molecule has 0 fully saturated rings. The minimum absolute atomic E-state index is 0.0403. The van der Waals surface area contributed by atoms with E-state index in [2.05, 4.69) is 4.98 Å². The van der Waals surface area contributed by atoms with E-state index in [4.69, 9.17) is 12.2 Å². The second-order valence-corrected chi connectivity index (χ2v) is 4.71. The molecule has 0 spiro atoms. The third-order valence-electron chi connectivity index (χ3n) is 2.77. The van der Waals surface area contributed by atoms with Gasteiger partial charge >= 0.3 is 6.18 Å². The van der Waals surface area contributed by atoms with Crippen LogP contribution in [0.4, 0.5) is 13.2 Å². The fraction of sp³-hybridized carbons (Fsp3) is 0.417. The zero-order chi connectivity index (χ0) is 13.3. The van der Waals surface area contributed by atoms with Crippen molar-refractivity contribution in [2.45, 2.75) is 32.5 Å². The largest absolute Gasteiger partial charge is 0.389 e. The molecule has 2 rings (SSSR count). The van der Waals surface area contributed by atoms with Gasteiger partial charge in [0, 0.05) is 13.0 Å². The van der Waals surface area contributed by atoms with Crippen LogP contribution in [0.25, 0.3) is 11.0 Å². The zero-order valence-corrected chi connectivity index (χ0v) is 10.7. The first-order valence-corrected chi connectivity index (χ1v) is 6.03. The van der Waals surface area contributed by atoms with Crippen LogP contribution >= 0.6 is 12.2 Å². The highest BCUT2D eigenvalue weighted by molar-refractivity contribution is 7.71. The standard InChI is InChI=1S/C12H13F3N2S/c1-8-3-4-10-9(7-8)16-11(18)17(10)6-2-5-12(13,14)15/h3-4,7H,2,5-6H2,1H3,(H,16,18). The molecule has 1 N–H and O–H groups in total. The molecule has 0 amide bonds. The normalized spacial score (nSPS) is 12.2. The molecule has 18 heavy (non-hydrogen) atoms. The highest BCUT2D eigenvalue weighted by atomic mass is 32.1. The summed E-state index contributed by atoms with van der Waals surface area (Å²) in [6, 6.07) is 5.74. The number of nitrogens with zero attached hydrogens (tertiary/aromatic N) is 1. The number of hydrogen-bond donors (Lipinski definition) is 1. The predicted octanol–water partition coefficient (Wildman–Crippen LogP) is 4.35. The first kappa shape index (κ1) is 13.1. The quantitative estimate of drug-likeness (QED) is 0.825. The summed E-state index contributed by atoms with van der Waals surface area (Å²) in [7, 11) is 0. The van der Waals surface area contributed by atoms with Crippen molar-refractivity contribution < 1.29 is 13.2 Å². The number of alkyl halides is 3. The van der Waals surface area contributed by atoms with Gasteiger partial charge in [-0.3, -0.25) is 0 Å². The van der Waals surface area contributed by atoms with Gasteiger partial charge in [0.15, 0.2) is 4.77 Å². The second kappa shape index (κ2) is 4.76. The number of benzene rings is 1. The molecule has 0 saturated heterocycles. The summed E-state index contributed by atoms with van der Waals surface area (Å²) in [6.45, 7) is 2.23. The number of rotatable bonds is 3. The van der Waals surface area contributed by atoms with Crippen molar-refractivity contribution in [3.05, 3.63) is 28.5 Å². The van der Waals surface area contributed by atoms with E-state index in [9.17, 15) is 13.2 Å². The van der Waals surface area contributed by atoms with Gasteiger partial charge in [-0.05, 0) is 43.3 Å². The number of fused-ring (bicyclic) bond motifs is 1. The Morgan fingerprint density at radius 2 is 2.06 bits per heavy atom. The van der Waals surface area contributed by atoms with E-state index in [0.29, 0.717) is 4.77 Å².